The van der Waals surface area contributed by atoms with Gasteiger partial charge in [0.1, 0.15) is 0 Å². The van der Waals surface area contributed by atoms with Crippen molar-refractivity contribution in [2.24, 2.45) is 17.8 Å². The van der Waals surface area contributed by atoms with E-state index in [0.29, 0.717) is 30.6 Å². The van der Waals surface area contributed by atoms with E-state index in [1.165, 1.54) is 70.6 Å². The number of carbonyl (C=O) groups excluding carboxylic acids is 4. The van der Waals surface area contributed by atoms with Crippen LogP contribution in [0, 0.1) is 17.8 Å². The van der Waals surface area contributed by atoms with Gasteiger partial charge in [-0.2, -0.15) is 0 Å². The van der Waals surface area contributed by atoms with Crippen LogP contribution in [-0.2, 0) is 28.8 Å². The zero-order valence-corrected chi connectivity index (χ0v) is 25.3. The van der Waals surface area contributed by atoms with Gasteiger partial charge in [0.2, 0.25) is 5.91 Å². The first-order chi connectivity index (χ1) is 18.8. The predicted molar refractivity (Wildman–Crippen MR) is 153 cm³/mol. The van der Waals surface area contributed by atoms with Gasteiger partial charge < -0.3 is 14.9 Å². The lowest BCUT2D eigenvalue weighted by Gasteiger charge is -2.22. The van der Waals surface area contributed by atoms with Crippen molar-refractivity contribution in [3.63, 3.8) is 0 Å². The van der Waals surface area contributed by atoms with Gasteiger partial charge in [0.15, 0.2) is 0 Å². The van der Waals surface area contributed by atoms with Crippen LogP contribution >= 0.6 is 0 Å². The molecule has 0 bridgehead atoms. The monoisotopic (exact) mass is 552 g/mol. The number of hydrogen-bond acceptors (Lipinski definition) is 6. The molecule has 1 rings (SSSR count). The van der Waals surface area contributed by atoms with Crippen molar-refractivity contribution in [3.8, 4) is 0 Å². The third-order valence-electron chi connectivity index (χ3n) is 7.88. The summed E-state index contributed by atoms with van der Waals surface area (Å²) in [5.41, 5.74) is 0. The fraction of sp³-hybridized carbons (Fsp3) is 0.871. The lowest BCUT2D eigenvalue weighted by molar-refractivity contribution is -0.197. The van der Waals surface area contributed by atoms with Crippen LogP contribution in [0.2, 0.25) is 0 Å². The molecule has 3 amide bonds. The first kappa shape index (κ1) is 35.1. The summed E-state index contributed by atoms with van der Waals surface area (Å²) in [6.07, 6.45) is 15.4. The molecule has 1 saturated heterocycles. The summed E-state index contributed by atoms with van der Waals surface area (Å²) in [6.45, 7) is 11.1. The van der Waals surface area contributed by atoms with Crippen LogP contribution < -0.4 is 5.32 Å². The zero-order chi connectivity index (χ0) is 28.9. The van der Waals surface area contributed by atoms with Crippen molar-refractivity contribution in [3.05, 3.63) is 0 Å². The Labute approximate surface area is 237 Å². The molecule has 1 N–H and O–H groups in total. The number of imide groups is 1. The van der Waals surface area contributed by atoms with E-state index in [0.717, 1.165) is 24.9 Å². The van der Waals surface area contributed by atoms with Crippen molar-refractivity contribution in [1.29, 1.82) is 0 Å². The number of rotatable bonds is 24. The standard InChI is InChI=1S/C31H56N2O6/c1-5-12-25(7-3)14-9-15-27(19-18-26(8-4)13-6-2)24-38-23-11-22-32-28(34)16-10-17-31(37)39-33-29(35)20-21-30(33)36/h25-27H,5-24H2,1-4H3,(H,32,34). The summed E-state index contributed by atoms with van der Waals surface area (Å²) in [6, 6.07) is 0. The van der Waals surface area contributed by atoms with Crippen molar-refractivity contribution < 1.29 is 28.8 Å². The minimum Gasteiger partial charge on any atom is -0.381 e. The van der Waals surface area contributed by atoms with E-state index in [2.05, 4.69) is 33.0 Å². The molecule has 1 fully saturated rings. The molecule has 0 aromatic heterocycles. The molecule has 8 heteroatoms. The lowest BCUT2D eigenvalue weighted by atomic mass is 9.87. The maximum absolute atomic E-state index is 12.1. The van der Waals surface area contributed by atoms with Gasteiger partial charge in [0.05, 0.1) is 0 Å². The molecule has 1 aliphatic rings. The SMILES string of the molecule is CCCC(CC)CCCC(CCC(CC)CCC)COCCCNC(=O)CCCC(=O)ON1C(=O)CCC1=O. The highest BCUT2D eigenvalue weighted by molar-refractivity contribution is 6.01. The van der Waals surface area contributed by atoms with Crippen molar-refractivity contribution in [2.45, 2.75) is 137 Å². The van der Waals surface area contributed by atoms with Crippen LogP contribution in [0.5, 0.6) is 0 Å². The maximum Gasteiger partial charge on any atom is 0.333 e. The fourth-order valence-corrected chi connectivity index (χ4v) is 5.34. The third kappa shape index (κ3) is 16.0. The summed E-state index contributed by atoms with van der Waals surface area (Å²) in [4.78, 5) is 51.7. The smallest absolute Gasteiger partial charge is 0.333 e. The van der Waals surface area contributed by atoms with Crippen LogP contribution in [-0.4, -0.2) is 48.5 Å². The summed E-state index contributed by atoms with van der Waals surface area (Å²) in [7, 11) is 0. The van der Waals surface area contributed by atoms with Crippen molar-refractivity contribution in [1.82, 2.24) is 10.4 Å². The van der Waals surface area contributed by atoms with Crippen LogP contribution in [0.3, 0.4) is 0 Å². The average molecular weight is 553 g/mol. The highest BCUT2D eigenvalue weighted by Crippen LogP contribution is 2.26. The Hall–Kier alpha value is -1.96. The number of nitrogens with one attached hydrogen (secondary N) is 1. The van der Waals surface area contributed by atoms with E-state index in [-0.39, 0.29) is 31.6 Å². The zero-order valence-electron chi connectivity index (χ0n) is 25.3. The number of hydroxylamine groups is 2. The second-order valence-electron chi connectivity index (χ2n) is 11.2. The van der Waals surface area contributed by atoms with Gasteiger partial charge in [-0.05, 0) is 43.4 Å². The topological polar surface area (TPSA) is 102 Å². The summed E-state index contributed by atoms with van der Waals surface area (Å²) < 4.78 is 6.06. The third-order valence-corrected chi connectivity index (χ3v) is 7.88. The Morgan fingerprint density at radius 1 is 0.769 bits per heavy atom. The van der Waals surface area contributed by atoms with Gasteiger partial charge in [-0.25, -0.2) is 4.79 Å². The van der Waals surface area contributed by atoms with E-state index in [1.807, 2.05) is 0 Å². The molecule has 39 heavy (non-hydrogen) atoms. The Balaban J connectivity index is 2.23. The Bertz CT molecular complexity index is 697. The van der Waals surface area contributed by atoms with Crippen molar-refractivity contribution in [2.75, 3.05) is 19.8 Å². The van der Waals surface area contributed by atoms with Gasteiger partial charge in [0, 0.05) is 45.4 Å². The highest BCUT2D eigenvalue weighted by Gasteiger charge is 2.32. The average Bonchev–Trinajstić information content (AvgIpc) is 3.23. The summed E-state index contributed by atoms with van der Waals surface area (Å²) >= 11 is 0. The first-order valence-electron chi connectivity index (χ1n) is 15.7. The molecule has 226 valence electrons. The second kappa shape index (κ2) is 21.8. The molecular formula is C31H56N2O6. The van der Waals surface area contributed by atoms with E-state index >= 15 is 0 Å². The maximum atomic E-state index is 12.1. The molecule has 0 aromatic carbocycles. The van der Waals surface area contributed by atoms with Gasteiger partial charge in [0.25, 0.3) is 11.8 Å². The predicted octanol–water partition coefficient (Wildman–Crippen LogP) is 6.51. The molecule has 0 saturated carbocycles. The highest BCUT2D eigenvalue weighted by atomic mass is 16.7. The van der Waals surface area contributed by atoms with Crippen LogP contribution in [0.15, 0.2) is 0 Å². The Morgan fingerprint density at radius 3 is 1.97 bits per heavy atom. The minimum atomic E-state index is -0.676. The van der Waals surface area contributed by atoms with E-state index < -0.39 is 17.8 Å². The largest absolute Gasteiger partial charge is 0.381 e. The number of ether oxygens (including phenoxy) is 1. The Kier molecular flexibility index (Phi) is 19.6. The normalized spacial score (nSPS) is 15.8. The van der Waals surface area contributed by atoms with Gasteiger partial charge in [-0.3, -0.25) is 14.4 Å². The van der Waals surface area contributed by atoms with Gasteiger partial charge in [-0.1, -0.05) is 85.5 Å². The van der Waals surface area contributed by atoms with Crippen LogP contribution in [0.25, 0.3) is 0 Å². The number of nitrogens with zero attached hydrogens (tertiary/aromatic N) is 1. The van der Waals surface area contributed by atoms with Crippen LogP contribution in [0.1, 0.15) is 137 Å². The van der Waals surface area contributed by atoms with Gasteiger partial charge in [-0.15, -0.1) is 5.06 Å². The van der Waals surface area contributed by atoms with Crippen LogP contribution in [0.4, 0.5) is 0 Å². The molecule has 1 heterocycles. The summed E-state index contributed by atoms with van der Waals surface area (Å²) in [5.74, 6) is 0.473. The molecule has 0 aromatic rings. The van der Waals surface area contributed by atoms with E-state index in [1.54, 1.807) is 0 Å². The number of carbonyl (C=O) groups is 4. The molecule has 1 aliphatic heterocycles. The van der Waals surface area contributed by atoms with Crippen molar-refractivity contribution >= 4 is 23.7 Å². The number of amides is 3. The van der Waals surface area contributed by atoms with Gasteiger partial charge >= 0.3 is 5.97 Å². The molecule has 8 nitrogen and oxygen atoms in total. The molecular weight excluding hydrogens is 496 g/mol. The van der Waals surface area contributed by atoms with E-state index in [4.69, 9.17) is 9.57 Å². The summed E-state index contributed by atoms with van der Waals surface area (Å²) in [5, 5.41) is 3.41. The molecule has 0 radical (unpaired) electrons. The lowest BCUT2D eigenvalue weighted by Crippen LogP contribution is -2.32. The minimum absolute atomic E-state index is 0.0242. The molecule has 0 aliphatic carbocycles. The Morgan fingerprint density at radius 2 is 1.36 bits per heavy atom. The quantitative estimate of drug-likeness (QED) is 0.108. The molecule has 0 spiro atoms. The number of hydrogen-bond donors (Lipinski definition) is 1. The second-order valence-corrected chi connectivity index (χ2v) is 11.2. The first-order valence-corrected chi connectivity index (χ1v) is 15.7. The molecule has 3 atom stereocenters. The fourth-order valence-electron chi connectivity index (χ4n) is 5.34. The van der Waals surface area contributed by atoms with E-state index in [9.17, 15) is 19.2 Å². The molecule has 3 unspecified atom stereocenters.